The number of rotatable bonds is 2. The van der Waals surface area contributed by atoms with Gasteiger partial charge < -0.3 is 5.11 Å². The van der Waals surface area contributed by atoms with E-state index in [1.54, 1.807) is 18.2 Å². The van der Waals surface area contributed by atoms with Crippen LogP contribution in [0.15, 0.2) is 42.5 Å². The van der Waals surface area contributed by atoms with Gasteiger partial charge in [0.1, 0.15) is 5.65 Å². The summed E-state index contributed by atoms with van der Waals surface area (Å²) in [6, 6.07) is 9.58. The van der Waals surface area contributed by atoms with Gasteiger partial charge in [0.2, 0.25) is 0 Å². The molecular formula is C15H8F3IN2O2. The van der Waals surface area contributed by atoms with Crippen LogP contribution in [-0.2, 0) is 6.18 Å². The first-order valence-electron chi connectivity index (χ1n) is 6.37. The van der Waals surface area contributed by atoms with Gasteiger partial charge in [-0.1, -0.05) is 18.2 Å². The lowest BCUT2D eigenvalue weighted by Gasteiger charge is -2.10. The molecule has 0 saturated heterocycles. The molecule has 0 atom stereocenters. The molecule has 23 heavy (non-hydrogen) atoms. The Morgan fingerprint density at radius 3 is 2.52 bits per heavy atom. The molecule has 0 aliphatic rings. The van der Waals surface area contributed by atoms with Crippen LogP contribution in [0.25, 0.3) is 16.9 Å². The topological polar surface area (TPSA) is 54.6 Å². The third kappa shape index (κ3) is 2.78. The number of hydrogen-bond donors (Lipinski definition) is 1. The van der Waals surface area contributed by atoms with Gasteiger partial charge in [0.15, 0.2) is 5.69 Å². The zero-order valence-corrected chi connectivity index (χ0v) is 13.5. The summed E-state index contributed by atoms with van der Waals surface area (Å²) in [6.45, 7) is 0. The number of imidazole rings is 1. The summed E-state index contributed by atoms with van der Waals surface area (Å²) < 4.78 is 40.9. The molecule has 0 fully saturated rings. The number of fused-ring (bicyclic) bond motifs is 1. The van der Waals surface area contributed by atoms with Gasteiger partial charge in [0, 0.05) is 5.56 Å². The molecule has 1 aromatic carbocycles. The van der Waals surface area contributed by atoms with Crippen molar-refractivity contribution < 1.29 is 23.1 Å². The minimum atomic E-state index is -4.51. The van der Waals surface area contributed by atoms with E-state index in [0.717, 1.165) is 12.1 Å². The zero-order valence-electron chi connectivity index (χ0n) is 11.3. The third-order valence-electron chi connectivity index (χ3n) is 3.26. The Labute approximate surface area is 141 Å². The molecule has 0 spiro atoms. The predicted octanol–water partition coefficient (Wildman–Crippen LogP) is 4.32. The predicted molar refractivity (Wildman–Crippen MR) is 85.3 cm³/mol. The van der Waals surface area contributed by atoms with Gasteiger partial charge in [-0.2, -0.15) is 13.2 Å². The van der Waals surface area contributed by atoms with Crippen LogP contribution < -0.4 is 0 Å². The summed E-state index contributed by atoms with van der Waals surface area (Å²) >= 11 is 1.98. The molecule has 4 nitrogen and oxygen atoms in total. The molecule has 2 heterocycles. The zero-order chi connectivity index (χ0) is 16.8. The van der Waals surface area contributed by atoms with Crippen LogP contribution in [0.4, 0.5) is 13.2 Å². The fourth-order valence-corrected chi connectivity index (χ4v) is 3.01. The van der Waals surface area contributed by atoms with E-state index in [9.17, 15) is 23.1 Å². The number of alkyl halides is 3. The average molecular weight is 432 g/mol. The largest absolute Gasteiger partial charge is 0.476 e. The number of aromatic nitrogens is 2. The van der Waals surface area contributed by atoms with E-state index < -0.39 is 17.7 Å². The Balaban J connectivity index is 2.35. The third-order valence-corrected chi connectivity index (χ3v) is 4.10. The highest BCUT2D eigenvalue weighted by molar-refractivity contribution is 14.1. The quantitative estimate of drug-likeness (QED) is 0.485. The number of pyridine rings is 1. The number of aromatic carboxylic acids is 1. The second-order valence-corrected chi connectivity index (χ2v) is 5.84. The van der Waals surface area contributed by atoms with Gasteiger partial charge in [-0.05, 0) is 46.9 Å². The Bertz CT molecular complexity index is 919. The van der Waals surface area contributed by atoms with Crippen LogP contribution >= 0.6 is 22.6 Å². The van der Waals surface area contributed by atoms with Gasteiger partial charge in [0.05, 0.1) is 15.0 Å². The van der Waals surface area contributed by atoms with Crippen molar-refractivity contribution in [3.05, 3.63) is 57.4 Å². The van der Waals surface area contributed by atoms with E-state index in [-0.39, 0.29) is 17.0 Å². The van der Waals surface area contributed by atoms with Crippen LogP contribution in [0, 0.1) is 3.70 Å². The lowest BCUT2D eigenvalue weighted by molar-refractivity contribution is -0.137. The number of carboxylic acid groups (broad SMARTS) is 1. The van der Waals surface area contributed by atoms with Crippen LogP contribution in [-0.4, -0.2) is 20.5 Å². The summed E-state index contributed by atoms with van der Waals surface area (Å²) in [6.07, 6.45) is -4.51. The number of carboxylic acids is 1. The summed E-state index contributed by atoms with van der Waals surface area (Å²) in [7, 11) is 0. The van der Waals surface area contributed by atoms with Crippen molar-refractivity contribution in [1.29, 1.82) is 0 Å². The molecule has 3 rings (SSSR count). The highest BCUT2D eigenvalue weighted by atomic mass is 127. The second kappa shape index (κ2) is 5.52. The molecule has 0 bridgehead atoms. The molecule has 0 unspecified atom stereocenters. The van der Waals surface area contributed by atoms with Crippen molar-refractivity contribution in [3.8, 4) is 11.3 Å². The maximum Gasteiger partial charge on any atom is 0.416 e. The SMILES string of the molecule is O=C(O)c1nc2cccc(I)n2c1-c1cccc(C(F)(F)F)c1. The van der Waals surface area contributed by atoms with Crippen molar-refractivity contribution in [2.45, 2.75) is 6.18 Å². The first-order valence-corrected chi connectivity index (χ1v) is 7.45. The molecule has 0 saturated carbocycles. The number of nitrogens with zero attached hydrogens (tertiary/aromatic N) is 2. The van der Waals surface area contributed by atoms with Crippen molar-refractivity contribution in [2.75, 3.05) is 0 Å². The maximum absolute atomic E-state index is 12.9. The molecular weight excluding hydrogens is 424 g/mol. The Morgan fingerprint density at radius 1 is 1.17 bits per heavy atom. The van der Waals surface area contributed by atoms with Crippen LogP contribution in [0.2, 0.25) is 0 Å². The standard InChI is InChI=1S/C15H8F3IN2O2/c16-15(17,18)9-4-1-3-8(7-9)13-12(14(22)23)20-11-6-2-5-10(19)21(11)13/h1-7H,(H,22,23). The summed E-state index contributed by atoms with van der Waals surface area (Å²) in [4.78, 5) is 15.5. The van der Waals surface area contributed by atoms with Gasteiger partial charge in [-0.15, -0.1) is 0 Å². The maximum atomic E-state index is 12.9. The van der Waals surface area contributed by atoms with E-state index in [4.69, 9.17) is 0 Å². The molecule has 0 amide bonds. The minimum Gasteiger partial charge on any atom is -0.476 e. The smallest absolute Gasteiger partial charge is 0.416 e. The molecule has 118 valence electrons. The second-order valence-electron chi connectivity index (χ2n) is 4.73. The van der Waals surface area contributed by atoms with E-state index in [2.05, 4.69) is 4.98 Å². The van der Waals surface area contributed by atoms with Crippen molar-refractivity contribution >= 4 is 34.2 Å². The number of halogens is 4. The summed E-state index contributed by atoms with van der Waals surface area (Å²) in [5.74, 6) is -1.29. The lowest BCUT2D eigenvalue weighted by Crippen LogP contribution is -2.06. The molecule has 0 radical (unpaired) electrons. The van der Waals surface area contributed by atoms with E-state index in [0.29, 0.717) is 9.35 Å². The van der Waals surface area contributed by atoms with Crippen molar-refractivity contribution in [2.24, 2.45) is 0 Å². The summed E-state index contributed by atoms with van der Waals surface area (Å²) in [5.41, 5.74) is -0.486. The Kier molecular flexibility index (Phi) is 3.78. The molecule has 0 aliphatic heterocycles. The molecule has 0 aliphatic carbocycles. The van der Waals surface area contributed by atoms with Crippen LogP contribution in [0.1, 0.15) is 16.1 Å². The van der Waals surface area contributed by atoms with E-state index in [1.807, 2.05) is 22.6 Å². The van der Waals surface area contributed by atoms with E-state index >= 15 is 0 Å². The van der Waals surface area contributed by atoms with Crippen LogP contribution in [0.3, 0.4) is 0 Å². The number of hydrogen-bond acceptors (Lipinski definition) is 2. The van der Waals surface area contributed by atoms with Gasteiger partial charge >= 0.3 is 12.1 Å². The highest BCUT2D eigenvalue weighted by Gasteiger charge is 2.31. The lowest BCUT2D eigenvalue weighted by atomic mass is 10.1. The molecule has 8 heteroatoms. The Morgan fingerprint density at radius 2 is 1.87 bits per heavy atom. The molecule has 1 N–H and O–H groups in total. The summed E-state index contributed by atoms with van der Waals surface area (Å²) in [5, 5.41) is 9.35. The minimum absolute atomic E-state index is 0.128. The van der Waals surface area contributed by atoms with Gasteiger partial charge in [0.25, 0.3) is 0 Å². The van der Waals surface area contributed by atoms with Gasteiger partial charge in [-0.25, -0.2) is 9.78 Å². The number of benzene rings is 1. The monoisotopic (exact) mass is 432 g/mol. The Hall–Kier alpha value is -2.10. The van der Waals surface area contributed by atoms with Crippen molar-refractivity contribution in [3.63, 3.8) is 0 Å². The fourth-order valence-electron chi connectivity index (χ4n) is 2.31. The van der Waals surface area contributed by atoms with Gasteiger partial charge in [-0.3, -0.25) is 4.40 Å². The molecule has 2 aromatic heterocycles. The highest BCUT2D eigenvalue weighted by Crippen LogP contribution is 2.34. The fraction of sp³-hybridized carbons (Fsp3) is 0.0667. The first-order chi connectivity index (χ1) is 10.8. The number of carbonyl (C=O) groups is 1. The van der Waals surface area contributed by atoms with E-state index in [1.165, 1.54) is 16.5 Å². The molecule has 3 aromatic rings. The average Bonchev–Trinajstić information content (AvgIpc) is 2.87. The normalized spacial score (nSPS) is 11.8. The first kappa shape index (κ1) is 15.8. The van der Waals surface area contributed by atoms with Crippen LogP contribution in [0.5, 0.6) is 0 Å². The van der Waals surface area contributed by atoms with Crippen molar-refractivity contribution in [1.82, 2.24) is 9.38 Å².